The van der Waals surface area contributed by atoms with E-state index in [4.69, 9.17) is 14.2 Å². The lowest BCUT2D eigenvalue weighted by molar-refractivity contribution is 0.267. The van der Waals surface area contributed by atoms with Crippen LogP contribution in [-0.2, 0) is 6.61 Å². The Hall–Kier alpha value is -4.02. The van der Waals surface area contributed by atoms with Crippen LogP contribution in [0.2, 0.25) is 0 Å². The summed E-state index contributed by atoms with van der Waals surface area (Å²) in [4.78, 5) is 7.74. The maximum atomic E-state index is 9.84. The van der Waals surface area contributed by atoms with Gasteiger partial charge in [0.15, 0.2) is 11.5 Å². The van der Waals surface area contributed by atoms with Crippen molar-refractivity contribution in [2.75, 3.05) is 13.7 Å². The molecule has 0 amide bonds. The third-order valence-electron chi connectivity index (χ3n) is 5.22. The molecular formula is C27H21IN4O3. The normalized spacial score (nSPS) is 11.1. The molecule has 0 aliphatic carbocycles. The smallest absolute Gasteiger partial charge is 0.175 e. The van der Waals surface area contributed by atoms with Crippen molar-refractivity contribution in [1.29, 1.82) is 10.5 Å². The van der Waals surface area contributed by atoms with Crippen molar-refractivity contribution in [3.63, 3.8) is 0 Å². The molecule has 1 aromatic heterocycles. The van der Waals surface area contributed by atoms with Gasteiger partial charge in [-0.3, -0.25) is 0 Å². The zero-order valence-electron chi connectivity index (χ0n) is 19.1. The molecule has 0 bridgehead atoms. The number of hydrogen-bond donors (Lipinski definition) is 1. The summed E-state index contributed by atoms with van der Waals surface area (Å²) in [6.45, 7) is 2.58. The van der Waals surface area contributed by atoms with Gasteiger partial charge < -0.3 is 19.2 Å². The zero-order chi connectivity index (χ0) is 24.8. The standard InChI is InChI=1S/C27H21IN4O3/c1-3-34-25-12-17(11-22(28)26(25)35-16-19-7-5-4-6-18(19)14-29)10-20(15-30)27-31-23-9-8-21(33-2)13-24(23)32-27/h4-13H,3,16H2,1-2H3,(H,31,32)/b20-10-. The van der Waals surface area contributed by atoms with E-state index < -0.39 is 0 Å². The molecule has 0 saturated carbocycles. The summed E-state index contributed by atoms with van der Waals surface area (Å²) in [5, 5.41) is 19.2. The lowest BCUT2D eigenvalue weighted by Gasteiger charge is -2.15. The number of aromatic amines is 1. The Morgan fingerprint density at radius 1 is 1.11 bits per heavy atom. The second-order valence-electron chi connectivity index (χ2n) is 7.46. The Morgan fingerprint density at radius 3 is 2.69 bits per heavy atom. The highest BCUT2D eigenvalue weighted by molar-refractivity contribution is 14.1. The molecule has 3 aromatic carbocycles. The van der Waals surface area contributed by atoms with Gasteiger partial charge in [-0.1, -0.05) is 18.2 Å². The summed E-state index contributed by atoms with van der Waals surface area (Å²) in [6, 6.07) is 21.0. The highest BCUT2D eigenvalue weighted by Gasteiger charge is 2.15. The molecule has 35 heavy (non-hydrogen) atoms. The molecule has 0 fully saturated rings. The molecule has 0 aliphatic rings. The summed E-state index contributed by atoms with van der Waals surface area (Å²) in [6.07, 6.45) is 1.76. The number of benzene rings is 3. The lowest BCUT2D eigenvalue weighted by Crippen LogP contribution is -2.03. The molecule has 174 valence electrons. The molecule has 0 saturated heterocycles. The lowest BCUT2D eigenvalue weighted by atomic mass is 10.1. The van der Waals surface area contributed by atoms with Crippen molar-refractivity contribution >= 4 is 45.3 Å². The molecule has 8 heteroatoms. The predicted molar refractivity (Wildman–Crippen MR) is 142 cm³/mol. The molecule has 0 atom stereocenters. The van der Waals surface area contributed by atoms with E-state index in [1.807, 2.05) is 55.5 Å². The number of nitrogens with zero attached hydrogens (tertiary/aromatic N) is 3. The number of allylic oxidation sites excluding steroid dienone is 1. The van der Waals surface area contributed by atoms with E-state index in [9.17, 15) is 10.5 Å². The minimum atomic E-state index is 0.237. The van der Waals surface area contributed by atoms with E-state index in [0.29, 0.717) is 40.8 Å². The number of hydrogen-bond acceptors (Lipinski definition) is 6. The first kappa shape index (κ1) is 24.1. The van der Waals surface area contributed by atoms with Gasteiger partial charge in [0, 0.05) is 11.6 Å². The minimum absolute atomic E-state index is 0.237. The number of H-pyrrole nitrogens is 1. The second kappa shape index (κ2) is 10.9. The fourth-order valence-electron chi connectivity index (χ4n) is 3.54. The van der Waals surface area contributed by atoms with Crippen LogP contribution in [0.25, 0.3) is 22.7 Å². The van der Waals surface area contributed by atoms with Crippen molar-refractivity contribution in [3.8, 4) is 29.4 Å². The van der Waals surface area contributed by atoms with Gasteiger partial charge in [-0.05, 0) is 71.5 Å². The first-order valence-electron chi connectivity index (χ1n) is 10.8. The summed E-state index contributed by atoms with van der Waals surface area (Å²) in [5.74, 6) is 2.33. The molecule has 0 radical (unpaired) electrons. The van der Waals surface area contributed by atoms with Gasteiger partial charge in [0.1, 0.15) is 24.3 Å². The van der Waals surface area contributed by atoms with Gasteiger partial charge in [0.25, 0.3) is 0 Å². The maximum absolute atomic E-state index is 9.84. The quantitative estimate of drug-likeness (QED) is 0.201. The van der Waals surface area contributed by atoms with E-state index in [-0.39, 0.29) is 6.61 Å². The Kier molecular flexibility index (Phi) is 7.54. The average molecular weight is 576 g/mol. The van der Waals surface area contributed by atoms with E-state index in [2.05, 4.69) is 44.7 Å². The van der Waals surface area contributed by atoms with Crippen LogP contribution in [0.4, 0.5) is 0 Å². The molecular weight excluding hydrogens is 555 g/mol. The van der Waals surface area contributed by atoms with Gasteiger partial charge in [-0.25, -0.2) is 4.98 Å². The van der Waals surface area contributed by atoms with Crippen LogP contribution >= 0.6 is 22.6 Å². The largest absolute Gasteiger partial charge is 0.497 e. The second-order valence-corrected chi connectivity index (χ2v) is 8.62. The van der Waals surface area contributed by atoms with Crippen LogP contribution in [-0.4, -0.2) is 23.7 Å². The number of rotatable bonds is 8. The summed E-state index contributed by atoms with van der Waals surface area (Å²) >= 11 is 2.19. The van der Waals surface area contributed by atoms with Crippen LogP contribution in [0, 0.1) is 26.2 Å². The molecule has 4 rings (SSSR count). The summed E-state index contributed by atoms with van der Waals surface area (Å²) in [5.41, 5.74) is 4.05. The van der Waals surface area contributed by atoms with Gasteiger partial charge in [0.2, 0.25) is 0 Å². The van der Waals surface area contributed by atoms with Gasteiger partial charge >= 0.3 is 0 Å². The predicted octanol–water partition coefficient (Wildman–Crippen LogP) is 6.09. The number of halogens is 1. The van der Waals surface area contributed by atoms with E-state index >= 15 is 0 Å². The van der Waals surface area contributed by atoms with Crippen molar-refractivity contribution in [1.82, 2.24) is 9.97 Å². The number of fused-ring (bicyclic) bond motifs is 1. The van der Waals surface area contributed by atoms with Crippen molar-refractivity contribution in [2.45, 2.75) is 13.5 Å². The third-order valence-corrected chi connectivity index (χ3v) is 6.02. The Morgan fingerprint density at radius 2 is 1.94 bits per heavy atom. The maximum Gasteiger partial charge on any atom is 0.175 e. The molecule has 1 heterocycles. The zero-order valence-corrected chi connectivity index (χ0v) is 21.3. The summed E-state index contributed by atoms with van der Waals surface area (Å²) in [7, 11) is 1.60. The first-order chi connectivity index (χ1) is 17.1. The number of methoxy groups -OCH3 is 1. The molecule has 4 aromatic rings. The van der Waals surface area contributed by atoms with Crippen LogP contribution in [0.15, 0.2) is 54.6 Å². The number of nitriles is 2. The number of ether oxygens (including phenoxy) is 3. The molecule has 0 aliphatic heterocycles. The fourth-order valence-corrected chi connectivity index (χ4v) is 4.32. The van der Waals surface area contributed by atoms with Crippen LogP contribution < -0.4 is 14.2 Å². The molecule has 0 unspecified atom stereocenters. The van der Waals surface area contributed by atoms with Crippen LogP contribution in [0.5, 0.6) is 17.2 Å². The van der Waals surface area contributed by atoms with E-state index in [1.165, 1.54) is 0 Å². The van der Waals surface area contributed by atoms with E-state index in [1.54, 1.807) is 19.3 Å². The van der Waals surface area contributed by atoms with Crippen molar-refractivity contribution in [2.24, 2.45) is 0 Å². The Balaban J connectivity index is 1.67. The average Bonchev–Trinajstić information content (AvgIpc) is 3.30. The van der Waals surface area contributed by atoms with E-state index in [0.717, 1.165) is 25.7 Å². The van der Waals surface area contributed by atoms with Gasteiger partial charge in [-0.2, -0.15) is 10.5 Å². The van der Waals surface area contributed by atoms with Crippen LogP contribution in [0.3, 0.4) is 0 Å². The highest BCUT2D eigenvalue weighted by atomic mass is 127. The number of imidazole rings is 1. The fraction of sp³-hybridized carbons (Fsp3) is 0.148. The third kappa shape index (κ3) is 5.39. The summed E-state index contributed by atoms with van der Waals surface area (Å²) < 4.78 is 18.0. The first-order valence-corrected chi connectivity index (χ1v) is 11.9. The van der Waals surface area contributed by atoms with Gasteiger partial charge in [-0.15, -0.1) is 0 Å². The SMILES string of the molecule is CCOc1cc(/C=C(/C#N)c2nc3ccc(OC)cc3[nH]2)cc(I)c1OCc1ccccc1C#N. The monoisotopic (exact) mass is 576 g/mol. The van der Waals surface area contributed by atoms with Crippen molar-refractivity contribution in [3.05, 3.63) is 80.7 Å². The molecule has 0 spiro atoms. The minimum Gasteiger partial charge on any atom is -0.497 e. The van der Waals surface area contributed by atoms with Gasteiger partial charge in [0.05, 0.1) is 45.5 Å². The number of aromatic nitrogens is 2. The molecule has 7 nitrogen and oxygen atoms in total. The topological polar surface area (TPSA) is 104 Å². The molecule has 1 N–H and O–H groups in total. The van der Waals surface area contributed by atoms with Crippen LogP contribution in [0.1, 0.15) is 29.4 Å². The highest BCUT2D eigenvalue weighted by Crippen LogP contribution is 2.36. The Bertz CT molecular complexity index is 1490. The Labute approximate surface area is 216 Å². The van der Waals surface area contributed by atoms with Crippen molar-refractivity contribution < 1.29 is 14.2 Å². The number of nitrogens with one attached hydrogen (secondary N) is 1.